The van der Waals surface area contributed by atoms with E-state index in [1.165, 1.54) is 16.8 Å². The first-order chi connectivity index (χ1) is 12.0. The van der Waals surface area contributed by atoms with Gasteiger partial charge in [0.05, 0.1) is 6.54 Å². The second kappa shape index (κ2) is 7.44. The van der Waals surface area contributed by atoms with Crippen LogP contribution in [0.15, 0.2) is 18.2 Å². The van der Waals surface area contributed by atoms with Crippen molar-refractivity contribution in [2.24, 2.45) is 0 Å². The average molecular weight is 344 g/mol. The summed E-state index contributed by atoms with van der Waals surface area (Å²) >= 11 is 0. The standard InChI is InChI=1S/C19H28N4O2/c1-4-22(5-2)16-7-6-15(14(3)10-16)12-21-8-9-23-17(13-21)19(25)20-11-18(23)24/h6-7,10,17H,4-5,8-9,11-13H2,1-3H3,(H,20,25)/t17-/m0/s1. The highest BCUT2D eigenvalue weighted by atomic mass is 16.2. The molecule has 1 N–H and O–H groups in total. The number of nitrogens with one attached hydrogen (secondary N) is 1. The minimum absolute atomic E-state index is 0.0297. The SMILES string of the molecule is CCN(CC)c1ccc(CN2CCN3C(=O)CNC(=O)[C@@H]3C2)c(C)c1. The van der Waals surface area contributed by atoms with E-state index in [2.05, 4.69) is 54.1 Å². The molecule has 0 saturated carbocycles. The maximum absolute atomic E-state index is 12.1. The van der Waals surface area contributed by atoms with Crippen molar-refractivity contribution in [1.82, 2.24) is 15.1 Å². The lowest BCUT2D eigenvalue weighted by molar-refractivity contribution is -0.149. The Morgan fingerprint density at radius 1 is 1.20 bits per heavy atom. The number of nitrogens with zero attached hydrogens (tertiary/aromatic N) is 3. The van der Waals surface area contributed by atoms with Gasteiger partial charge in [0.25, 0.3) is 0 Å². The van der Waals surface area contributed by atoms with Gasteiger partial charge in [-0.25, -0.2) is 0 Å². The molecule has 0 aromatic heterocycles. The summed E-state index contributed by atoms with van der Waals surface area (Å²) in [6, 6.07) is 6.28. The van der Waals surface area contributed by atoms with Gasteiger partial charge in [-0.05, 0) is 44.0 Å². The number of fused-ring (bicyclic) bond motifs is 1. The molecule has 1 aromatic carbocycles. The number of benzene rings is 1. The molecule has 25 heavy (non-hydrogen) atoms. The summed E-state index contributed by atoms with van der Waals surface area (Å²) in [6.07, 6.45) is 0. The van der Waals surface area contributed by atoms with Gasteiger partial charge in [-0.3, -0.25) is 14.5 Å². The molecule has 3 rings (SSSR count). The molecule has 2 aliphatic heterocycles. The first-order valence-corrected chi connectivity index (χ1v) is 9.17. The minimum atomic E-state index is -0.342. The highest BCUT2D eigenvalue weighted by molar-refractivity contribution is 5.95. The largest absolute Gasteiger partial charge is 0.372 e. The molecule has 6 nitrogen and oxygen atoms in total. The Balaban J connectivity index is 1.68. The first-order valence-electron chi connectivity index (χ1n) is 9.17. The zero-order valence-corrected chi connectivity index (χ0v) is 15.4. The number of carbonyl (C=O) groups is 2. The summed E-state index contributed by atoms with van der Waals surface area (Å²) in [5.41, 5.74) is 3.82. The number of carbonyl (C=O) groups excluding carboxylic acids is 2. The van der Waals surface area contributed by atoms with Crippen LogP contribution in [-0.2, 0) is 16.1 Å². The van der Waals surface area contributed by atoms with Crippen LogP contribution in [0.5, 0.6) is 0 Å². The molecule has 0 aliphatic carbocycles. The molecule has 2 fully saturated rings. The van der Waals surface area contributed by atoms with Gasteiger partial charge in [-0.1, -0.05) is 6.07 Å². The third-order valence-corrected chi connectivity index (χ3v) is 5.35. The van der Waals surface area contributed by atoms with E-state index in [1.807, 2.05) is 0 Å². The molecule has 0 spiro atoms. The van der Waals surface area contributed by atoms with Crippen molar-refractivity contribution in [2.75, 3.05) is 44.2 Å². The van der Waals surface area contributed by atoms with E-state index in [1.54, 1.807) is 4.90 Å². The van der Waals surface area contributed by atoms with Gasteiger partial charge >= 0.3 is 0 Å². The molecule has 2 amide bonds. The highest BCUT2D eigenvalue weighted by Crippen LogP contribution is 2.22. The van der Waals surface area contributed by atoms with E-state index >= 15 is 0 Å². The minimum Gasteiger partial charge on any atom is -0.372 e. The first kappa shape index (κ1) is 17.7. The van der Waals surface area contributed by atoms with Gasteiger partial charge in [0.15, 0.2) is 0 Å². The molecule has 0 radical (unpaired) electrons. The zero-order valence-electron chi connectivity index (χ0n) is 15.4. The van der Waals surface area contributed by atoms with Crippen molar-refractivity contribution < 1.29 is 9.59 Å². The number of hydrogen-bond acceptors (Lipinski definition) is 4. The molecular weight excluding hydrogens is 316 g/mol. The van der Waals surface area contributed by atoms with Crippen LogP contribution in [0, 0.1) is 6.92 Å². The van der Waals surface area contributed by atoms with Crippen molar-refractivity contribution in [3.63, 3.8) is 0 Å². The number of aryl methyl sites for hydroxylation is 1. The second-order valence-corrected chi connectivity index (χ2v) is 6.84. The number of amides is 2. The summed E-state index contributed by atoms with van der Waals surface area (Å²) in [6.45, 7) is 11.5. The number of anilines is 1. The van der Waals surface area contributed by atoms with Crippen LogP contribution in [0.1, 0.15) is 25.0 Å². The van der Waals surface area contributed by atoms with Gasteiger partial charge in [-0.2, -0.15) is 0 Å². The fraction of sp³-hybridized carbons (Fsp3) is 0.579. The van der Waals surface area contributed by atoms with Crippen LogP contribution in [0.2, 0.25) is 0 Å². The molecule has 1 atom stereocenters. The molecule has 1 aromatic rings. The average Bonchev–Trinajstić information content (AvgIpc) is 2.61. The van der Waals surface area contributed by atoms with Crippen LogP contribution in [-0.4, -0.2) is 66.9 Å². The van der Waals surface area contributed by atoms with Crippen molar-refractivity contribution in [3.8, 4) is 0 Å². The van der Waals surface area contributed by atoms with E-state index < -0.39 is 0 Å². The predicted molar refractivity (Wildman–Crippen MR) is 98.5 cm³/mol. The lowest BCUT2D eigenvalue weighted by Gasteiger charge is -2.43. The van der Waals surface area contributed by atoms with Crippen LogP contribution >= 0.6 is 0 Å². The van der Waals surface area contributed by atoms with Gasteiger partial charge in [0.2, 0.25) is 11.8 Å². The molecule has 0 bridgehead atoms. The lowest BCUT2D eigenvalue weighted by Crippen LogP contribution is -2.65. The third kappa shape index (κ3) is 3.63. The fourth-order valence-corrected chi connectivity index (χ4v) is 3.77. The van der Waals surface area contributed by atoms with E-state index in [-0.39, 0.29) is 24.4 Å². The Morgan fingerprint density at radius 3 is 2.64 bits per heavy atom. The summed E-state index contributed by atoms with van der Waals surface area (Å²) in [5, 5.41) is 2.70. The van der Waals surface area contributed by atoms with Crippen molar-refractivity contribution >= 4 is 17.5 Å². The summed E-state index contributed by atoms with van der Waals surface area (Å²) in [4.78, 5) is 30.4. The van der Waals surface area contributed by atoms with E-state index in [0.29, 0.717) is 13.1 Å². The maximum Gasteiger partial charge on any atom is 0.244 e. The molecule has 2 aliphatic rings. The van der Waals surface area contributed by atoms with Crippen molar-refractivity contribution in [3.05, 3.63) is 29.3 Å². The second-order valence-electron chi connectivity index (χ2n) is 6.84. The van der Waals surface area contributed by atoms with Crippen molar-refractivity contribution in [2.45, 2.75) is 33.4 Å². The predicted octanol–water partition coefficient (Wildman–Crippen LogP) is 0.984. The lowest BCUT2D eigenvalue weighted by atomic mass is 10.0. The summed E-state index contributed by atoms with van der Waals surface area (Å²) in [5.74, 6) is 0.00177. The third-order valence-electron chi connectivity index (χ3n) is 5.35. The van der Waals surface area contributed by atoms with Gasteiger partial charge in [0, 0.05) is 45.0 Å². The van der Waals surface area contributed by atoms with Gasteiger partial charge < -0.3 is 15.1 Å². The molecular formula is C19H28N4O2. The molecule has 2 heterocycles. The molecule has 0 unspecified atom stereocenters. The van der Waals surface area contributed by atoms with Crippen LogP contribution in [0.4, 0.5) is 5.69 Å². The highest BCUT2D eigenvalue weighted by Gasteiger charge is 2.38. The van der Waals surface area contributed by atoms with Crippen LogP contribution in [0.25, 0.3) is 0 Å². The Morgan fingerprint density at radius 2 is 1.96 bits per heavy atom. The fourth-order valence-electron chi connectivity index (χ4n) is 3.77. The maximum atomic E-state index is 12.1. The van der Waals surface area contributed by atoms with E-state index in [4.69, 9.17) is 0 Å². The topological polar surface area (TPSA) is 55.9 Å². The number of rotatable bonds is 5. The Labute approximate surface area is 149 Å². The Bertz CT molecular complexity index is 657. The van der Waals surface area contributed by atoms with Crippen molar-refractivity contribution in [1.29, 1.82) is 0 Å². The molecule has 136 valence electrons. The normalized spacial score (nSPS) is 21.1. The zero-order chi connectivity index (χ0) is 18.0. The number of piperazine rings is 2. The van der Waals surface area contributed by atoms with Crippen LogP contribution < -0.4 is 10.2 Å². The van der Waals surface area contributed by atoms with Crippen LogP contribution in [0.3, 0.4) is 0 Å². The Kier molecular flexibility index (Phi) is 5.27. The molecule has 2 saturated heterocycles. The van der Waals surface area contributed by atoms with Gasteiger partial charge in [0.1, 0.15) is 6.04 Å². The smallest absolute Gasteiger partial charge is 0.244 e. The number of hydrogen-bond donors (Lipinski definition) is 1. The monoisotopic (exact) mass is 344 g/mol. The Hall–Kier alpha value is -2.08. The molecule has 6 heteroatoms. The quantitative estimate of drug-likeness (QED) is 0.865. The summed E-state index contributed by atoms with van der Waals surface area (Å²) in [7, 11) is 0. The van der Waals surface area contributed by atoms with E-state index in [0.717, 1.165) is 26.2 Å². The summed E-state index contributed by atoms with van der Waals surface area (Å²) < 4.78 is 0. The van der Waals surface area contributed by atoms with E-state index in [9.17, 15) is 9.59 Å². The van der Waals surface area contributed by atoms with Gasteiger partial charge in [-0.15, -0.1) is 0 Å².